The molecule has 8 heteroatoms. The molecule has 1 aromatic heterocycles. The van der Waals surface area contributed by atoms with E-state index < -0.39 is 25.0 Å². The van der Waals surface area contributed by atoms with Crippen LogP contribution in [0.5, 0.6) is 5.88 Å². The predicted octanol–water partition coefficient (Wildman–Crippen LogP) is -0.539. The molecule has 0 saturated carbocycles. The zero-order chi connectivity index (χ0) is 12.8. The molecule has 2 N–H and O–H groups in total. The average Bonchev–Trinajstić information content (AvgIpc) is 2.27. The van der Waals surface area contributed by atoms with Gasteiger partial charge in [-0.2, -0.15) is 0 Å². The molecule has 0 aliphatic heterocycles. The second-order valence-corrected chi connectivity index (χ2v) is 3.06. The van der Waals surface area contributed by atoms with Gasteiger partial charge in [0, 0.05) is 6.07 Å². The van der Waals surface area contributed by atoms with Gasteiger partial charge in [-0.1, -0.05) is 0 Å². The number of rotatable bonds is 6. The summed E-state index contributed by atoms with van der Waals surface area (Å²) in [6, 6.07) is 1.37. The molecule has 0 saturated heterocycles. The third-order valence-electron chi connectivity index (χ3n) is 1.81. The highest BCUT2D eigenvalue weighted by atomic mass is 16.5. The van der Waals surface area contributed by atoms with Crippen LogP contribution in [0.1, 0.15) is 0 Å². The number of anilines is 1. The van der Waals surface area contributed by atoms with Crippen LogP contribution in [0.25, 0.3) is 0 Å². The zero-order valence-corrected chi connectivity index (χ0v) is 9.03. The molecule has 0 aromatic carbocycles. The van der Waals surface area contributed by atoms with Gasteiger partial charge in [-0.25, -0.2) is 9.97 Å². The van der Waals surface area contributed by atoms with Crippen molar-refractivity contribution < 1.29 is 24.5 Å². The Morgan fingerprint density at radius 2 is 1.88 bits per heavy atom. The van der Waals surface area contributed by atoms with Crippen LogP contribution in [0.15, 0.2) is 12.4 Å². The first-order valence-corrected chi connectivity index (χ1v) is 4.57. The maximum absolute atomic E-state index is 10.6. The lowest BCUT2D eigenvalue weighted by molar-refractivity contribution is -0.136. The van der Waals surface area contributed by atoms with Crippen molar-refractivity contribution in [2.24, 2.45) is 0 Å². The molecule has 0 aliphatic rings. The van der Waals surface area contributed by atoms with Gasteiger partial charge >= 0.3 is 11.9 Å². The minimum absolute atomic E-state index is 0.182. The highest BCUT2D eigenvalue weighted by molar-refractivity contribution is 5.78. The van der Waals surface area contributed by atoms with E-state index in [1.165, 1.54) is 19.5 Å². The fourth-order valence-corrected chi connectivity index (χ4v) is 1.16. The molecule has 0 aliphatic carbocycles. The number of carboxylic acid groups (broad SMARTS) is 2. The average molecular weight is 241 g/mol. The van der Waals surface area contributed by atoms with E-state index in [9.17, 15) is 9.59 Å². The van der Waals surface area contributed by atoms with E-state index in [0.717, 1.165) is 4.90 Å². The highest BCUT2D eigenvalue weighted by Crippen LogP contribution is 2.14. The number of carbonyl (C=O) groups is 2. The molecular formula is C9H11N3O5. The Kier molecular flexibility index (Phi) is 4.21. The van der Waals surface area contributed by atoms with E-state index in [1.54, 1.807) is 0 Å². The van der Waals surface area contributed by atoms with E-state index in [-0.39, 0.29) is 11.7 Å². The summed E-state index contributed by atoms with van der Waals surface area (Å²) in [4.78, 5) is 29.9. The first kappa shape index (κ1) is 12.7. The molecule has 17 heavy (non-hydrogen) atoms. The molecular weight excluding hydrogens is 230 g/mol. The van der Waals surface area contributed by atoms with E-state index in [0.29, 0.717) is 0 Å². The third kappa shape index (κ3) is 3.93. The number of methoxy groups -OCH3 is 1. The Balaban J connectivity index is 2.94. The summed E-state index contributed by atoms with van der Waals surface area (Å²) >= 11 is 0. The van der Waals surface area contributed by atoms with Crippen LogP contribution >= 0.6 is 0 Å². The number of hydrogen-bond acceptors (Lipinski definition) is 6. The van der Waals surface area contributed by atoms with Crippen LogP contribution in [0.2, 0.25) is 0 Å². The van der Waals surface area contributed by atoms with Gasteiger partial charge < -0.3 is 19.8 Å². The summed E-state index contributed by atoms with van der Waals surface area (Å²) in [5, 5.41) is 17.4. The molecule has 0 radical (unpaired) electrons. The van der Waals surface area contributed by atoms with Gasteiger partial charge in [-0.15, -0.1) is 0 Å². The van der Waals surface area contributed by atoms with Gasteiger partial charge in [0.2, 0.25) is 5.88 Å². The molecule has 0 spiro atoms. The molecule has 0 fully saturated rings. The van der Waals surface area contributed by atoms with Gasteiger partial charge in [0.1, 0.15) is 25.2 Å². The monoisotopic (exact) mass is 241 g/mol. The quantitative estimate of drug-likeness (QED) is 0.682. The first-order valence-electron chi connectivity index (χ1n) is 4.57. The second-order valence-electron chi connectivity index (χ2n) is 3.06. The lowest BCUT2D eigenvalue weighted by Crippen LogP contribution is -2.35. The van der Waals surface area contributed by atoms with Crippen LogP contribution in [-0.4, -0.2) is 52.3 Å². The molecule has 92 valence electrons. The molecule has 0 atom stereocenters. The Labute approximate surface area is 96.5 Å². The van der Waals surface area contributed by atoms with Crippen molar-refractivity contribution in [3.05, 3.63) is 12.4 Å². The SMILES string of the molecule is COc1cc(N(CC(=O)O)CC(=O)O)ncn1. The molecule has 0 bridgehead atoms. The van der Waals surface area contributed by atoms with Crippen LogP contribution < -0.4 is 9.64 Å². The number of ether oxygens (including phenoxy) is 1. The minimum atomic E-state index is -1.15. The number of hydrogen-bond donors (Lipinski definition) is 2. The van der Waals surface area contributed by atoms with Gasteiger partial charge in [0.25, 0.3) is 0 Å². The van der Waals surface area contributed by atoms with E-state index in [4.69, 9.17) is 14.9 Å². The van der Waals surface area contributed by atoms with E-state index in [2.05, 4.69) is 9.97 Å². The first-order chi connectivity index (χ1) is 8.02. The van der Waals surface area contributed by atoms with Crippen LogP contribution in [0.3, 0.4) is 0 Å². The third-order valence-corrected chi connectivity index (χ3v) is 1.81. The van der Waals surface area contributed by atoms with Crippen LogP contribution in [0.4, 0.5) is 5.82 Å². The van der Waals surface area contributed by atoms with Crippen molar-refractivity contribution in [3.8, 4) is 5.88 Å². The molecule has 1 aromatic rings. The molecule has 0 amide bonds. The van der Waals surface area contributed by atoms with Crippen LogP contribution in [0, 0.1) is 0 Å². The smallest absolute Gasteiger partial charge is 0.323 e. The summed E-state index contributed by atoms with van der Waals surface area (Å²) in [5.41, 5.74) is 0. The fraction of sp³-hybridized carbons (Fsp3) is 0.333. The Hall–Kier alpha value is -2.38. The van der Waals surface area contributed by atoms with Gasteiger partial charge in [-0.3, -0.25) is 9.59 Å². The van der Waals surface area contributed by atoms with Gasteiger partial charge in [0.05, 0.1) is 7.11 Å². The Morgan fingerprint density at radius 3 is 2.35 bits per heavy atom. The van der Waals surface area contributed by atoms with Gasteiger partial charge in [-0.05, 0) is 0 Å². The normalized spacial score (nSPS) is 9.71. The topological polar surface area (TPSA) is 113 Å². The number of nitrogens with zero attached hydrogens (tertiary/aromatic N) is 3. The fourth-order valence-electron chi connectivity index (χ4n) is 1.16. The maximum atomic E-state index is 10.6. The Morgan fingerprint density at radius 1 is 1.29 bits per heavy atom. The van der Waals surface area contributed by atoms with Crippen molar-refractivity contribution in [1.29, 1.82) is 0 Å². The lowest BCUT2D eigenvalue weighted by Gasteiger charge is -2.19. The second kappa shape index (κ2) is 5.64. The summed E-state index contributed by atoms with van der Waals surface area (Å²) in [6.07, 6.45) is 1.17. The van der Waals surface area contributed by atoms with Crippen LogP contribution in [-0.2, 0) is 9.59 Å². The maximum Gasteiger partial charge on any atom is 0.323 e. The predicted molar refractivity (Wildman–Crippen MR) is 56.1 cm³/mol. The van der Waals surface area contributed by atoms with Crippen molar-refractivity contribution in [3.63, 3.8) is 0 Å². The minimum Gasteiger partial charge on any atom is -0.481 e. The standard InChI is InChI=1S/C9H11N3O5/c1-17-7-2-6(10-5-11-7)12(3-8(13)14)4-9(15)16/h2,5H,3-4H2,1H3,(H,13,14)(H,15,16). The lowest BCUT2D eigenvalue weighted by atomic mass is 10.4. The van der Waals surface area contributed by atoms with Crippen molar-refractivity contribution in [2.75, 3.05) is 25.1 Å². The van der Waals surface area contributed by atoms with Crippen molar-refractivity contribution in [2.45, 2.75) is 0 Å². The highest BCUT2D eigenvalue weighted by Gasteiger charge is 2.16. The molecule has 8 nitrogen and oxygen atoms in total. The van der Waals surface area contributed by atoms with Gasteiger partial charge in [0.15, 0.2) is 0 Å². The van der Waals surface area contributed by atoms with E-state index in [1.807, 2.05) is 0 Å². The molecule has 1 heterocycles. The summed E-state index contributed by atoms with van der Waals surface area (Å²) in [6.45, 7) is -0.932. The van der Waals surface area contributed by atoms with Crippen molar-refractivity contribution in [1.82, 2.24) is 9.97 Å². The molecule has 0 unspecified atom stereocenters. The van der Waals surface area contributed by atoms with Crippen molar-refractivity contribution >= 4 is 17.8 Å². The largest absolute Gasteiger partial charge is 0.481 e. The summed E-state index contributed by atoms with van der Waals surface area (Å²) in [7, 11) is 1.39. The number of aliphatic carboxylic acids is 2. The molecule has 1 rings (SSSR count). The number of aromatic nitrogens is 2. The Bertz CT molecular complexity index is 407. The number of carboxylic acids is 2. The summed E-state index contributed by atoms with van der Waals surface area (Å²) in [5.74, 6) is -1.88. The summed E-state index contributed by atoms with van der Waals surface area (Å²) < 4.78 is 4.84. The zero-order valence-electron chi connectivity index (χ0n) is 9.03. The van der Waals surface area contributed by atoms with E-state index >= 15 is 0 Å².